The highest BCUT2D eigenvalue weighted by Crippen LogP contribution is 2.37. The zero-order valence-electron chi connectivity index (χ0n) is 20.0. The van der Waals surface area contributed by atoms with Gasteiger partial charge in [-0.05, 0) is 69.2 Å². The molecule has 0 spiro atoms. The van der Waals surface area contributed by atoms with Gasteiger partial charge in [-0.2, -0.15) is 0 Å². The molecule has 3 aromatic rings. The Hall–Kier alpha value is -2.15. The average Bonchev–Trinajstić information content (AvgIpc) is 3.21. The molecule has 2 aromatic carbocycles. The first-order valence-corrected chi connectivity index (χ1v) is 12.6. The van der Waals surface area contributed by atoms with Crippen molar-refractivity contribution >= 4 is 32.7 Å². The number of piperidine rings is 1. The van der Waals surface area contributed by atoms with Crippen molar-refractivity contribution in [1.29, 1.82) is 0 Å². The molecule has 0 radical (unpaired) electrons. The van der Waals surface area contributed by atoms with Gasteiger partial charge < -0.3 is 14.8 Å². The predicted molar refractivity (Wildman–Crippen MR) is 139 cm³/mol. The minimum atomic E-state index is 0.124. The third-order valence-electron chi connectivity index (χ3n) is 7.32. The van der Waals surface area contributed by atoms with E-state index in [9.17, 15) is 4.79 Å². The van der Waals surface area contributed by atoms with Gasteiger partial charge in [0.2, 0.25) is 5.91 Å². The fraction of sp³-hybridized carbons (Fsp3) is 0.444. The number of hydrogen-bond donors (Lipinski definition) is 1. The van der Waals surface area contributed by atoms with Crippen molar-refractivity contribution in [2.45, 2.75) is 31.2 Å². The molecule has 6 heteroatoms. The number of nitrogens with zero attached hydrogens (tertiary/aromatic N) is 3. The molecule has 1 aliphatic rings. The van der Waals surface area contributed by atoms with Crippen molar-refractivity contribution in [1.82, 2.24) is 19.7 Å². The Balaban J connectivity index is 1.26. The molecule has 1 fully saturated rings. The van der Waals surface area contributed by atoms with Crippen molar-refractivity contribution in [2.24, 2.45) is 0 Å². The molecule has 0 saturated carbocycles. The average molecular weight is 512 g/mol. The summed E-state index contributed by atoms with van der Waals surface area (Å²) >= 11 is 3.53. The highest BCUT2D eigenvalue weighted by atomic mass is 79.9. The number of likely N-dealkylation sites (tertiary alicyclic amines) is 1. The van der Waals surface area contributed by atoms with Crippen LogP contribution in [0.2, 0.25) is 0 Å². The number of carbonyl (C=O) groups excluding carboxylic acids is 1. The summed E-state index contributed by atoms with van der Waals surface area (Å²) in [4.78, 5) is 22.9. The van der Waals surface area contributed by atoms with Gasteiger partial charge in [-0.1, -0.05) is 46.3 Å². The van der Waals surface area contributed by atoms with Gasteiger partial charge in [0.1, 0.15) is 0 Å². The molecule has 2 heterocycles. The van der Waals surface area contributed by atoms with Crippen LogP contribution in [0.3, 0.4) is 0 Å². The Morgan fingerprint density at radius 1 is 1.09 bits per heavy atom. The number of halogens is 1. The molecule has 1 amide bonds. The number of rotatable bonds is 8. The van der Waals surface area contributed by atoms with Crippen LogP contribution in [0.5, 0.6) is 0 Å². The molecule has 0 aliphatic carbocycles. The topological polar surface area (TPSA) is 42.6 Å². The number of likely N-dealkylation sites (N-methyl/N-ethyl adjacent to an activating group) is 1. The number of fused-ring (bicyclic) bond motifs is 1. The summed E-state index contributed by atoms with van der Waals surface area (Å²) in [5.41, 5.74) is 3.67. The van der Waals surface area contributed by atoms with E-state index in [1.165, 1.54) is 5.56 Å². The van der Waals surface area contributed by atoms with E-state index >= 15 is 0 Å². The van der Waals surface area contributed by atoms with Crippen LogP contribution in [0.25, 0.3) is 10.9 Å². The molecule has 0 unspecified atom stereocenters. The smallest absolute Gasteiger partial charge is 0.226 e. The number of hydrogen-bond acceptors (Lipinski definition) is 3. The maximum absolute atomic E-state index is 12.8. The van der Waals surface area contributed by atoms with E-state index < -0.39 is 0 Å². The van der Waals surface area contributed by atoms with Crippen LogP contribution >= 0.6 is 15.9 Å². The number of nitrogens with one attached hydrogen (secondary N) is 1. The third-order valence-corrected chi connectivity index (χ3v) is 7.81. The minimum absolute atomic E-state index is 0.124. The van der Waals surface area contributed by atoms with Gasteiger partial charge in [-0.15, -0.1) is 0 Å². The van der Waals surface area contributed by atoms with E-state index in [0.717, 1.165) is 66.4 Å². The highest BCUT2D eigenvalue weighted by Gasteiger charge is 2.37. The van der Waals surface area contributed by atoms with E-state index in [1.54, 1.807) is 0 Å². The van der Waals surface area contributed by atoms with E-state index in [2.05, 4.69) is 81.2 Å². The van der Waals surface area contributed by atoms with Gasteiger partial charge in [0.05, 0.1) is 6.42 Å². The van der Waals surface area contributed by atoms with Crippen LogP contribution < -0.4 is 0 Å². The lowest BCUT2D eigenvalue weighted by atomic mass is 9.80. The van der Waals surface area contributed by atoms with Gasteiger partial charge in [0, 0.05) is 53.8 Å². The molecule has 176 valence electrons. The standard InChI is InChI=1S/C27H35BrN4O/c1-30(2)27(22-8-5-4-6-9-22)12-16-32(17-13-27)15-7-14-31(3)26(33)18-21-20-29-25-11-10-23(28)19-24(21)25/h4-6,8-11,19-20,29H,7,12-18H2,1-3H3. The lowest BCUT2D eigenvalue weighted by molar-refractivity contribution is -0.129. The first-order valence-electron chi connectivity index (χ1n) is 11.8. The van der Waals surface area contributed by atoms with Gasteiger partial charge in [-0.25, -0.2) is 0 Å². The van der Waals surface area contributed by atoms with Crippen molar-refractivity contribution in [3.63, 3.8) is 0 Å². The van der Waals surface area contributed by atoms with Crippen LogP contribution in [0.1, 0.15) is 30.4 Å². The SMILES string of the molecule is CN(CCCN1CCC(c2ccccc2)(N(C)C)CC1)C(=O)Cc1c[nH]c2ccc(Br)cc12. The summed E-state index contributed by atoms with van der Waals surface area (Å²) in [7, 11) is 6.33. The Bertz CT molecular complexity index is 1070. The monoisotopic (exact) mass is 510 g/mol. The quantitative estimate of drug-likeness (QED) is 0.469. The van der Waals surface area contributed by atoms with Crippen molar-refractivity contribution in [3.05, 3.63) is 70.3 Å². The van der Waals surface area contributed by atoms with Crippen molar-refractivity contribution in [2.75, 3.05) is 47.3 Å². The maximum atomic E-state index is 12.8. The lowest BCUT2D eigenvalue weighted by Crippen LogP contribution is -2.50. The normalized spacial score (nSPS) is 16.4. The van der Waals surface area contributed by atoms with Gasteiger partial charge >= 0.3 is 0 Å². The number of aromatic nitrogens is 1. The number of H-pyrrole nitrogens is 1. The second-order valence-electron chi connectivity index (χ2n) is 9.48. The summed E-state index contributed by atoms with van der Waals surface area (Å²) in [5.74, 6) is 0.172. The largest absolute Gasteiger partial charge is 0.361 e. The highest BCUT2D eigenvalue weighted by molar-refractivity contribution is 9.10. The Labute approximate surface area is 205 Å². The molecule has 1 saturated heterocycles. The fourth-order valence-electron chi connectivity index (χ4n) is 5.14. The molecule has 0 bridgehead atoms. The molecule has 0 atom stereocenters. The summed E-state index contributed by atoms with van der Waals surface area (Å²) in [6.45, 7) is 4.01. The fourth-order valence-corrected chi connectivity index (χ4v) is 5.50. The van der Waals surface area contributed by atoms with Crippen LogP contribution in [0.15, 0.2) is 59.2 Å². The molecule has 1 aliphatic heterocycles. The van der Waals surface area contributed by atoms with Gasteiger partial charge in [-0.3, -0.25) is 9.69 Å². The number of amides is 1. The Morgan fingerprint density at radius 2 is 1.82 bits per heavy atom. The number of aromatic amines is 1. The Morgan fingerprint density at radius 3 is 2.52 bits per heavy atom. The van der Waals surface area contributed by atoms with Gasteiger partial charge in [0.15, 0.2) is 0 Å². The molecular formula is C27H35BrN4O. The second-order valence-corrected chi connectivity index (χ2v) is 10.4. The first kappa shape index (κ1) is 24.0. The van der Waals surface area contributed by atoms with Crippen LogP contribution in [-0.4, -0.2) is 72.9 Å². The van der Waals surface area contributed by atoms with Crippen molar-refractivity contribution < 1.29 is 4.79 Å². The van der Waals surface area contributed by atoms with Crippen LogP contribution in [-0.2, 0) is 16.8 Å². The maximum Gasteiger partial charge on any atom is 0.226 e. The number of benzene rings is 2. The summed E-state index contributed by atoms with van der Waals surface area (Å²) in [6, 6.07) is 17.1. The third kappa shape index (κ3) is 5.34. The Kier molecular flexibility index (Phi) is 7.57. The van der Waals surface area contributed by atoms with Crippen LogP contribution in [0, 0.1) is 0 Å². The van der Waals surface area contributed by atoms with E-state index in [0.29, 0.717) is 6.42 Å². The van der Waals surface area contributed by atoms with Crippen molar-refractivity contribution in [3.8, 4) is 0 Å². The second kappa shape index (κ2) is 10.4. The van der Waals surface area contributed by atoms with Crippen LogP contribution in [0.4, 0.5) is 0 Å². The van der Waals surface area contributed by atoms with E-state index in [4.69, 9.17) is 0 Å². The van der Waals surface area contributed by atoms with E-state index in [-0.39, 0.29) is 11.4 Å². The molecular weight excluding hydrogens is 476 g/mol. The molecule has 5 nitrogen and oxygen atoms in total. The molecule has 4 rings (SSSR count). The summed E-state index contributed by atoms with van der Waals surface area (Å²) in [6.07, 6.45) is 5.66. The lowest BCUT2D eigenvalue weighted by Gasteiger charge is -2.46. The molecule has 1 N–H and O–H groups in total. The summed E-state index contributed by atoms with van der Waals surface area (Å²) < 4.78 is 1.03. The predicted octanol–water partition coefficient (Wildman–Crippen LogP) is 4.87. The van der Waals surface area contributed by atoms with E-state index in [1.807, 2.05) is 30.3 Å². The number of carbonyl (C=O) groups is 1. The molecule has 33 heavy (non-hydrogen) atoms. The minimum Gasteiger partial charge on any atom is -0.361 e. The zero-order valence-corrected chi connectivity index (χ0v) is 21.6. The zero-order chi connectivity index (χ0) is 23.4. The summed E-state index contributed by atoms with van der Waals surface area (Å²) in [5, 5.41) is 1.11. The molecule has 1 aromatic heterocycles. The van der Waals surface area contributed by atoms with Gasteiger partial charge in [0.25, 0.3) is 0 Å². The first-order chi connectivity index (χ1) is 15.9.